The van der Waals surface area contributed by atoms with E-state index in [9.17, 15) is 5.11 Å². The molecule has 1 N–H and O–H groups in total. The molecule has 0 saturated carbocycles. The van der Waals surface area contributed by atoms with E-state index in [-0.39, 0.29) is 12.2 Å². The Morgan fingerprint density at radius 1 is 1.08 bits per heavy atom. The van der Waals surface area contributed by atoms with Gasteiger partial charge in [-0.25, -0.2) is 0 Å². The molecule has 2 heterocycles. The highest BCUT2D eigenvalue weighted by atomic mass is 16.5. The van der Waals surface area contributed by atoms with Gasteiger partial charge in [-0.15, -0.1) is 0 Å². The first-order valence-corrected chi connectivity index (χ1v) is 9.13. The number of aliphatic hydroxyl groups excluding tert-OH is 1. The number of aliphatic hydroxyl groups is 1. The van der Waals surface area contributed by atoms with Crippen molar-refractivity contribution in [3.8, 4) is 11.5 Å². The Bertz CT molecular complexity index is 696. The van der Waals surface area contributed by atoms with Crippen molar-refractivity contribution in [2.75, 3.05) is 19.6 Å². The first-order chi connectivity index (χ1) is 12.3. The molecule has 25 heavy (non-hydrogen) atoms. The average Bonchev–Trinajstić information content (AvgIpc) is 3.04. The van der Waals surface area contributed by atoms with Crippen LogP contribution in [-0.2, 0) is 13.0 Å². The SMILES string of the molecule is OC1CCN(CC2Cc3cc(OCc4ccccc4)ccc3O2)CC1. The molecule has 0 bridgehead atoms. The molecule has 132 valence electrons. The maximum Gasteiger partial charge on any atom is 0.123 e. The topological polar surface area (TPSA) is 41.9 Å². The van der Waals surface area contributed by atoms with Gasteiger partial charge in [-0.1, -0.05) is 30.3 Å². The van der Waals surface area contributed by atoms with E-state index in [4.69, 9.17) is 9.47 Å². The Kier molecular flexibility index (Phi) is 4.90. The van der Waals surface area contributed by atoms with Crippen LogP contribution in [0.25, 0.3) is 0 Å². The smallest absolute Gasteiger partial charge is 0.123 e. The summed E-state index contributed by atoms with van der Waals surface area (Å²) in [7, 11) is 0. The second-order valence-electron chi connectivity index (χ2n) is 7.02. The molecule has 2 aliphatic rings. The lowest BCUT2D eigenvalue weighted by Gasteiger charge is -2.31. The van der Waals surface area contributed by atoms with Crippen LogP contribution in [0.1, 0.15) is 24.0 Å². The van der Waals surface area contributed by atoms with Gasteiger partial charge in [-0.3, -0.25) is 4.90 Å². The third-order valence-corrected chi connectivity index (χ3v) is 5.04. The highest BCUT2D eigenvalue weighted by molar-refractivity contribution is 5.43. The minimum atomic E-state index is -0.123. The summed E-state index contributed by atoms with van der Waals surface area (Å²) in [5, 5.41) is 9.62. The average molecular weight is 339 g/mol. The molecule has 1 atom stereocenters. The number of nitrogens with zero attached hydrogens (tertiary/aromatic N) is 1. The molecule has 4 nitrogen and oxygen atoms in total. The van der Waals surface area contributed by atoms with Crippen LogP contribution in [0.15, 0.2) is 48.5 Å². The fourth-order valence-electron chi connectivity index (χ4n) is 3.62. The van der Waals surface area contributed by atoms with E-state index in [0.717, 1.165) is 50.4 Å². The predicted octanol–water partition coefficient (Wildman–Crippen LogP) is 3.03. The zero-order valence-electron chi connectivity index (χ0n) is 14.4. The maximum absolute atomic E-state index is 9.62. The summed E-state index contributed by atoms with van der Waals surface area (Å²) in [6.45, 7) is 3.44. The van der Waals surface area contributed by atoms with Crippen molar-refractivity contribution in [2.24, 2.45) is 0 Å². The Balaban J connectivity index is 1.32. The molecule has 4 heteroatoms. The zero-order valence-corrected chi connectivity index (χ0v) is 14.4. The van der Waals surface area contributed by atoms with Crippen LogP contribution in [0.5, 0.6) is 11.5 Å². The number of ether oxygens (including phenoxy) is 2. The van der Waals surface area contributed by atoms with E-state index < -0.39 is 0 Å². The molecule has 0 radical (unpaired) electrons. The molecular weight excluding hydrogens is 314 g/mol. The van der Waals surface area contributed by atoms with Crippen LogP contribution >= 0.6 is 0 Å². The van der Waals surface area contributed by atoms with Gasteiger partial charge < -0.3 is 14.6 Å². The molecule has 2 aliphatic heterocycles. The predicted molar refractivity (Wildman–Crippen MR) is 97.0 cm³/mol. The molecule has 4 rings (SSSR count). The van der Waals surface area contributed by atoms with E-state index in [0.29, 0.717) is 6.61 Å². The molecular formula is C21H25NO3. The third-order valence-electron chi connectivity index (χ3n) is 5.04. The van der Waals surface area contributed by atoms with E-state index >= 15 is 0 Å². The van der Waals surface area contributed by atoms with E-state index in [1.54, 1.807) is 0 Å². The van der Waals surface area contributed by atoms with Crippen LogP contribution in [0, 0.1) is 0 Å². The van der Waals surface area contributed by atoms with E-state index in [1.807, 2.05) is 30.3 Å². The molecule has 1 fully saturated rings. The molecule has 1 saturated heterocycles. The van der Waals surface area contributed by atoms with Gasteiger partial charge in [-0.05, 0) is 36.6 Å². The molecule has 0 aliphatic carbocycles. The fourth-order valence-corrected chi connectivity index (χ4v) is 3.62. The number of hydrogen-bond donors (Lipinski definition) is 1. The first-order valence-electron chi connectivity index (χ1n) is 9.13. The Hall–Kier alpha value is -2.04. The lowest BCUT2D eigenvalue weighted by molar-refractivity contribution is 0.0625. The molecule has 2 aromatic carbocycles. The second kappa shape index (κ2) is 7.46. The van der Waals surface area contributed by atoms with Crippen molar-refractivity contribution in [1.29, 1.82) is 0 Å². The van der Waals surface area contributed by atoms with Crippen molar-refractivity contribution < 1.29 is 14.6 Å². The van der Waals surface area contributed by atoms with Gasteiger partial charge in [-0.2, -0.15) is 0 Å². The molecule has 2 aromatic rings. The summed E-state index contributed by atoms with van der Waals surface area (Å²) in [6.07, 6.45) is 2.75. The van der Waals surface area contributed by atoms with Gasteiger partial charge in [0.05, 0.1) is 6.10 Å². The highest BCUT2D eigenvalue weighted by Gasteiger charge is 2.27. The zero-order chi connectivity index (χ0) is 17.1. The van der Waals surface area contributed by atoms with Crippen LogP contribution < -0.4 is 9.47 Å². The fraction of sp³-hybridized carbons (Fsp3) is 0.429. The lowest BCUT2D eigenvalue weighted by atomic mass is 10.1. The number of benzene rings is 2. The van der Waals surface area contributed by atoms with Crippen molar-refractivity contribution in [1.82, 2.24) is 4.90 Å². The summed E-state index contributed by atoms with van der Waals surface area (Å²) >= 11 is 0. The van der Waals surface area contributed by atoms with Crippen molar-refractivity contribution >= 4 is 0 Å². The van der Waals surface area contributed by atoms with Crippen LogP contribution in [0.2, 0.25) is 0 Å². The number of likely N-dealkylation sites (tertiary alicyclic amines) is 1. The summed E-state index contributed by atoms with van der Waals surface area (Å²) in [5.41, 5.74) is 2.40. The Morgan fingerprint density at radius 3 is 2.68 bits per heavy atom. The van der Waals surface area contributed by atoms with Crippen LogP contribution in [0.4, 0.5) is 0 Å². The number of hydrogen-bond acceptors (Lipinski definition) is 4. The molecule has 1 unspecified atom stereocenters. The lowest BCUT2D eigenvalue weighted by Crippen LogP contribution is -2.41. The van der Waals surface area contributed by atoms with Gasteiger partial charge >= 0.3 is 0 Å². The van der Waals surface area contributed by atoms with Crippen molar-refractivity contribution in [3.05, 3.63) is 59.7 Å². The van der Waals surface area contributed by atoms with Crippen LogP contribution in [0.3, 0.4) is 0 Å². The van der Waals surface area contributed by atoms with Crippen molar-refractivity contribution in [2.45, 2.75) is 38.1 Å². The summed E-state index contributed by atoms with van der Waals surface area (Å²) < 4.78 is 12.0. The quantitative estimate of drug-likeness (QED) is 0.909. The van der Waals surface area contributed by atoms with Crippen LogP contribution in [-0.4, -0.2) is 41.8 Å². The minimum Gasteiger partial charge on any atom is -0.489 e. The molecule has 0 spiro atoms. The largest absolute Gasteiger partial charge is 0.489 e. The van der Waals surface area contributed by atoms with Gasteiger partial charge in [0.2, 0.25) is 0 Å². The van der Waals surface area contributed by atoms with Gasteiger partial charge in [0.15, 0.2) is 0 Å². The summed E-state index contributed by atoms with van der Waals surface area (Å²) in [4.78, 5) is 2.40. The summed E-state index contributed by atoms with van der Waals surface area (Å²) in [6, 6.07) is 16.3. The van der Waals surface area contributed by atoms with E-state index in [2.05, 4.69) is 23.1 Å². The normalized spacial score (nSPS) is 20.9. The number of piperidine rings is 1. The highest BCUT2D eigenvalue weighted by Crippen LogP contribution is 2.32. The van der Waals surface area contributed by atoms with Gasteiger partial charge in [0.1, 0.15) is 24.2 Å². The number of fused-ring (bicyclic) bond motifs is 1. The Morgan fingerprint density at radius 2 is 1.88 bits per heavy atom. The van der Waals surface area contributed by atoms with Gasteiger partial charge in [0, 0.05) is 31.6 Å². The maximum atomic E-state index is 9.62. The molecule has 0 amide bonds. The number of rotatable bonds is 5. The standard InChI is InChI=1S/C21H25NO3/c23-18-8-10-22(11-9-18)14-20-13-17-12-19(6-7-21(17)25-20)24-15-16-4-2-1-3-5-16/h1-7,12,18,20,23H,8-11,13-15H2. The third kappa shape index (κ3) is 4.14. The first kappa shape index (κ1) is 16.4. The summed E-state index contributed by atoms with van der Waals surface area (Å²) in [5.74, 6) is 1.88. The second-order valence-corrected chi connectivity index (χ2v) is 7.02. The molecule has 0 aromatic heterocycles. The minimum absolute atomic E-state index is 0.123. The van der Waals surface area contributed by atoms with Gasteiger partial charge in [0.25, 0.3) is 0 Å². The van der Waals surface area contributed by atoms with E-state index in [1.165, 1.54) is 11.1 Å². The van der Waals surface area contributed by atoms with Crippen molar-refractivity contribution in [3.63, 3.8) is 0 Å². The monoisotopic (exact) mass is 339 g/mol. The Labute approximate surface area is 149 Å².